The highest BCUT2D eigenvalue weighted by Gasteiger charge is 2.32. The molecule has 0 radical (unpaired) electrons. The molecule has 2 fully saturated rings. The highest BCUT2D eigenvalue weighted by atomic mass is 16.2. The quantitative estimate of drug-likeness (QED) is 0.799. The number of likely N-dealkylation sites (N-methyl/N-ethyl adjacent to an activating group) is 1. The van der Waals surface area contributed by atoms with Crippen LogP contribution in [0.4, 0.5) is 0 Å². The van der Waals surface area contributed by atoms with Crippen LogP contribution >= 0.6 is 0 Å². The van der Waals surface area contributed by atoms with Crippen LogP contribution in [0.2, 0.25) is 0 Å². The summed E-state index contributed by atoms with van der Waals surface area (Å²) in [6, 6.07) is 2.29. The highest BCUT2D eigenvalue weighted by molar-refractivity contribution is 5.92. The Morgan fingerprint density at radius 3 is 2.55 bits per heavy atom. The van der Waals surface area contributed by atoms with Crippen LogP contribution in [0.15, 0.2) is 6.07 Å². The topological polar surface area (TPSA) is 52.6 Å². The van der Waals surface area contributed by atoms with Crippen LogP contribution < -0.4 is 0 Å². The number of aryl methyl sites for hydroxylation is 2. The molecule has 3 rings (SSSR count). The average Bonchev–Trinajstić information content (AvgIpc) is 2.96. The van der Waals surface area contributed by atoms with Crippen molar-refractivity contribution >= 4 is 5.91 Å². The lowest BCUT2D eigenvalue weighted by Crippen LogP contribution is -2.50. The van der Waals surface area contributed by atoms with E-state index in [1.165, 1.54) is 0 Å². The lowest BCUT2D eigenvalue weighted by atomic mass is 10.2. The highest BCUT2D eigenvalue weighted by Crippen LogP contribution is 2.19. The first-order valence-electron chi connectivity index (χ1n) is 8.07. The third-order valence-corrected chi connectivity index (χ3v) is 4.69. The molecule has 22 heavy (non-hydrogen) atoms. The molecule has 1 amide bonds. The number of rotatable bonds is 2. The second-order valence-electron chi connectivity index (χ2n) is 6.47. The van der Waals surface area contributed by atoms with Gasteiger partial charge in [0.1, 0.15) is 11.5 Å². The number of nitrogens with zero attached hydrogens (tertiary/aromatic N) is 5. The van der Waals surface area contributed by atoms with Crippen molar-refractivity contribution in [3.8, 4) is 0 Å². The minimum Gasteiger partial charge on any atom is -0.336 e. The molecule has 2 aliphatic heterocycles. The van der Waals surface area contributed by atoms with Gasteiger partial charge in [0.05, 0.1) is 0 Å². The molecular formula is C16H25N5O. The van der Waals surface area contributed by atoms with Crippen molar-refractivity contribution in [1.82, 2.24) is 24.7 Å². The molecule has 0 saturated carbocycles. The average molecular weight is 303 g/mol. The normalized spacial score (nSPS) is 24.0. The first kappa shape index (κ1) is 15.4. The number of aromatic nitrogens is 2. The first-order valence-corrected chi connectivity index (χ1v) is 8.07. The van der Waals surface area contributed by atoms with E-state index in [1.807, 2.05) is 18.7 Å². The molecular weight excluding hydrogens is 278 g/mol. The van der Waals surface area contributed by atoms with E-state index >= 15 is 0 Å². The second-order valence-corrected chi connectivity index (χ2v) is 6.47. The van der Waals surface area contributed by atoms with E-state index in [0.717, 1.165) is 51.4 Å². The standard InChI is InChI=1S/C16H25N5O/c1-12-10-15(18-13(2)17-12)16(22)21-5-4-14(11-21)20-8-6-19(3)7-9-20/h10,14H,4-9,11H2,1-3H3/t14-/m0/s1. The summed E-state index contributed by atoms with van der Waals surface area (Å²) in [5.74, 6) is 0.711. The summed E-state index contributed by atoms with van der Waals surface area (Å²) in [6.07, 6.45) is 1.07. The van der Waals surface area contributed by atoms with Gasteiger partial charge in [0.15, 0.2) is 0 Å². The van der Waals surface area contributed by atoms with Gasteiger partial charge in [0, 0.05) is 51.0 Å². The van der Waals surface area contributed by atoms with Gasteiger partial charge in [0.25, 0.3) is 5.91 Å². The van der Waals surface area contributed by atoms with Crippen molar-refractivity contribution < 1.29 is 4.79 Å². The maximum Gasteiger partial charge on any atom is 0.272 e. The van der Waals surface area contributed by atoms with Crippen molar-refractivity contribution in [1.29, 1.82) is 0 Å². The molecule has 0 aliphatic carbocycles. The summed E-state index contributed by atoms with van der Waals surface area (Å²) in [5.41, 5.74) is 1.38. The van der Waals surface area contributed by atoms with E-state index in [9.17, 15) is 4.79 Å². The van der Waals surface area contributed by atoms with Crippen molar-refractivity contribution in [3.05, 3.63) is 23.3 Å². The molecule has 0 spiro atoms. The monoisotopic (exact) mass is 303 g/mol. The molecule has 6 nitrogen and oxygen atoms in total. The molecule has 6 heteroatoms. The Labute approximate surface area is 132 Å². The largest absolute Gasteiger partial charge is 0.336 e. The summed E-state index contributed by atoms with van der Waals surface area (Å²) in [7, 11) is 2.17. The lowest BCUT2D eigenvalue weighted by Gasteiger charge is -2.36. The van der Waals surface area contributed by atoms with Crippen molar-refractivity contribution in [2.45, 2.75) is 26.3 Å². The van der Waals surface area contributed by atoms with E-state index in [0.29, 0.717) is 17.6 Å². The van der Waals surface area contributed by atoms with Gasteiger partial charge in [-0.25, -0.2) is 9.97 Å². The molecule has 0 N–H and O–H groups in total. The summed E-state index contributed by atoms with van der Waals surface area (Å²) in [6.45, 7) is 9.85. The lowest BCUT2D eigenvalue weighted by molar-refractivity contribution is 0.0749. The fraction of sp³-hybridized carbons (Fsp3) is 0.688. The van der Waals surface area contributed by atoms with Crippen LogP contribution in [-0.4, -0.2) is 82.9 Å². The molecule has 0 unspecified atom stereocenters. The molecule has 1 atom stereocenters. The molecule has 2 saturated heterocycles. The van der Waals surface area contributed by atoms with Gasteiger partial charge in [-0.1, -0.05) is 0 Å². The summed E-state index contributed by atoms with van der Waals surface area (Å²) in [5, 5.41) is 0. The fourth-order valence-corrected chi connectivity index (χ4v) is 3.40. The van der Waals surface area contributed by atoms with E-state index < -0.39 is 0 Å². The van der Waals surface area contributed by atoms with Crippen LogP contribution in [0.1, 0.15) is 28.4 Å². The Hall–Kier alpha value is -1.53. The number of hydrogen-bond donors (Lipinski definition) is 0. The van der Waals surface area contributed by atoms with E-state index in [-0.39, 0.29) is 5.91 Å². The van der Waals surface area contributed by atoms with E-state index in [1.54, 1.807) is 6.07 Å². The van der Waals surface area contributed by atoms with Crippen LogP contribution in [0, 0.1) is 13.8 Å². The Morgan fingerprint density at radius 1 is 1.14 bits per heavy atom. The first-order chi connectivity index (χ1) is 10.5. The van der Waals surface area contributed by atoms with Gasteiger partial charge in [-0.2, -0.15) is 0 Å². The zero-order valence-electron chi connectivity index (χ0n) is 13.7. The third-order valence-electron chi connectivity index (χ3n) is 4.69. The van der Waals surface area contributed by atoms with Gasteiger partial charge in [-0.3, -0.25) is 9.69 Å². The fourth-order valence-electron chi connectivity index (χ4n) is 3.40. The Bertz CT molecular complexity index is 533. The molecule has 1 aromatic rings. The molecule has 0 bridgehead atoms. The van der Waals surface area contributed by atoms with Gasteiger partial charge < -0.3 is 9.80 Å². The molecule has 2 aliphatic rings. The smallest absolute Gasteiger partial charge is 0.272 e. The van der Waals surface area contributed by atoms with Crippen LogP contribution in [-0.2, 0) is 0 Å². The Balaban J connectivity index is 1.63. The predicted molar refractivity (Wildman–Crippen MR) is 84.9 cm³/mol. The number of amides is 1. The zero-order valence-corrected chi connectivity index (χ0v) is 13.7. The summed E-state index contributed by atoms with van der Waals surface area (Å²) >= 11 is 0. The summed E-state index contributed by atoms with van der Waals surface area (Å²) < 4.78 is 0. The minimum absolute atomic E-state index is 0.0465. The zero-order chi connectivity index (χ0) is 15.7. The van der Waals surface area contributed by atoms with Crippen molar-refractivity contribution in [2.24, 2.45) is 0 Å². The van der Waals surface area contributed by atoms with E-state index in [2.05, 4.69) is 26.8 Å². The molecule has 0 aromatic carbocycles. The van der Waals surface area contributed by atoms with Gasteiger partial charge in [-0.15, -0.1) is 0 Å². The molecule has 1 aromatic heterocycles. The SMILES string of the molecule is Cc1cc(C(=O)N2CC[C@H](N3CCN(C)CC3)C2)nc(C)n1. The van der Waals surface area contributed by atoms with Crippen LogP contribution in [0.25, 0.3) is 0 Å². The maximum atomic E-state index is 12.6. The third kappa shape index (κ3) is 3.28. The van der Waals surface area contributed by atoms with Crippen LogP contribution in [0.3, 0.4) is 0 Å². The number of carbonyl (C=O) groups is 1. The number of piperazine rings is 1. The molecule has 3 heterocycles. The van der Waals surface area contributed by atoms with Crippen LogP contribution in [0.5, 0.6) is 0 Å². The van der Waals surface area contributed by atoms with Gasteiger partial charge in [-0.05, 0) is 33.4 Å². The minimum atomic E-state index is 0.0465. The predicted octanol–water partition coefficient (Wildman–Crippen LogP) is 0.555. The Morgan fingerprint density at radius 2 is 1.86 bits per heavy atom. The number of likely N-dealkylation sites (tertiary alicyclic amines) is 1. The van der Waals surface area contributed by atoms with Crippen molar-refractivity contribution in [2.75, 3.05) is 46.3 Å². The maximum absolute atomic E-state index is 12.6. The number of hydrogen-bond acceptors (Lipinski definition) is 5. The Kier molecular flexibility index (Phi) is 4.40. The molecule has 120 valence electrons. The van der Waals surface area contributed by atoms with Crippen molar-refractivity contribution in [3.63, 3.8) is 0 Å². The van der Waals surface area contributed by atoms with Gasteiger partial charge >= 0.3 is 0 Å². The van der Waals surface area contributed by atoms with Gasteiger partial charge in [0.2, 0.25) is 0 Å². The van der Waals surface area contributed by atoms with E-state index in [4.69, 9.17) is 0 Å². The number of carbonyl (C=O) groups excluding carboxylic acids is 1. The second kappa shape index (κ2) is 6.30. The summed E-state index contributed by atoms with van der Waals surface area (Å²) in [4.78, 5) is 28.0.